The molecule has 1 heterocycles. The molecule has 0 saturated carbocycles. The van der Waals surface area contributed by atoms with Gasteiger partial charge in [-0.25, -0.2) is 18.0 Å². The van der Waals surface area contributed by atoms with Crippen LogP contribution >= 0.6 is 0 Å². The minimum Gasteiger partial charge on any atom is -0.741 e. The second kappa shape index (κ2) is 5.78. The number of aromatic nitrogens is 2. The van der Waals surface area contributed by atoms with Gasteiger partial charge >= 0.3 is 5.51 Å². The van der Waals surface area contributed by atoms with E-state index in [9.17, 15) is 13.2 Å². The summed E-state index contributed by atoms with van der Waals surface area (Å²) in [5.41, 5.74) is -5.65. The van der Waals surface area contributed by atoms with Crippen LogP contribution in [0.3, 0.4) is 0 Å². The van der Waals surface area contributed by atoms with E-state index in [1.807, 2.05) is 30.9 Å². The van der Waals surface area contributed by atoms with Crippen molar-refractivity contribution in [3.8, 4) is 0 Å². The molecule has 0 saturated heterocycles. The van der Waals surface area contributed by atoms with Gasteiger partial charge in [0.1, 0.15) is 12.4 Å². The van der Waals surface area contributed by atoms with Crippen molar-refractivity contribution in [2.45, 2.75) is 12.4 Å². The third-order valence-electron chi connectivity index (χ3n) is 1.40. The Morgan fingerprint density at radius 1 is 1.44 bits per heavy atom. The molecule has 16 heavy (non-hydrogen) atoms. The second-order valence-electron chi connectivity index (χ2n) is 2.56. The molecule has 10 heteroatoms. The summed E-state index contributed by atoms with van der Waals surface area (Å²) in [5.74, 6) is 1.18. The van der Waals surface area contributed by atoms with Crippen LogP contribution in [0.4, 0.5) is 13.2 Å². The van der Waals surface area contributed by atoms with Gasteiger partial charge in [0.05, 0.1) is 7.05 Å². The van der Waals surface area contributed by atoms with Crippen molar-refractivity contribution in [2.75, 3.05) is 0 Å². The van der Waals surface area contributed by atoms with Gasteiger partial charge in [-0.15, -0.1) is 0 Å². The first-order valence-electron chi connectivity index (χ1n) is 3.57. The van der Waals surface area contributed by atoms with Crippen molar-refractivity contribution < 1.29 is 36.9 Å². The Bertz CT molecular complexity index is 398. The molecule has 0 atom stereocenters. The monoisotopic (exact) mass is 250 g/mol. The number of hydrogen-bond acceptors (Lipinski definition) is 3. The van der Waals surface area contributed by atoms with Crippen molar-refractivity contribution in [2.24, 2.45) is 7.05 Å². The Morgan fingerprint density at radius 3 is 1.88 bits per heavy atom. The molecule has 0 aliphatic rings. The maximum atomic E-state index is 10.7. The van der Waals surface area contributed by atoms with E-state index in [4.69, 9.17) is 13.0 Å². The number of aryl methyl sites for hydroxylation is 2. The number of halogens is 3. The predicted octanol–water partition coefficient (Wildman–Crippen LogP) is 0.199. The molecule has 0 amide bonds. The zero-order valence-corrected chi connectivity index (χ0v) is 9.39. The van der Waals surface area contributed by atoms with Crippen LogP contribution in [0.25, 0.3) is 0 Å². The van der Waals surface area contributed by atoms with Crippen LogP contribution in [0.1, 0.15) is 5.82 Å². The van der Waals surface area contributed by atoms with Crippen LogP contribution < -0.4 is 4.57 Å². The average Bonchev–Trinajstić information content (AvgIpc) is 2.33. The van der Waals surface area contributed by atoms with Crippen molar-refractivity contribution >= 4 is 10.1 Å². The molecule has 1 rings (SSSR count). The summed E-state index contributed by atoms with van der Waals surface area (Å²) in [5, 5.41) is 0. The van der Waals surface area contributed by atoms with Crippen molar-refractivity contribution in [1.29, 1.82) is 0 Å². The topological polar surface area (TPSA) is 76.9 Å². The molecule has 5 nitrogen and oxygen atoms in total. The van der Waals surface area contributed by atoms with Gasteiger partial charge in [-0.2, -0.15) is 13.2 Å². The van der Waals surface area contributed by atoms with Gasteiger partial charge in [-0.3, -0.25) is 0 Å². The fourth-order valence-electron chi connectivity index (χ4n) is 0.483. The summed E-state index contributed by atoms with van der Waals surface area (Å²) in [7, 11) is -4.08. The Hall–Kier alpha value is -1.18. The molecular weight excluding hydrogens is 241 g/mol. The van der Waals surface area contributed by atoms with Gasteiger partial charge in [-0.1, -0.05) is 0 Å². The maximum Gasteiger partial charge on any atom is 0.485 e. The van der Waals surface area contributed by atoms with Gasteiger partial charge in [0.15, 0.2) is 10.1 Å². The number of nitrogens with one attached hydrogen (secondary N) is 1. The fraction of sp³-hybridized carbons (Fsp3) is 0.500. The van der Waals surface area contributed by atoms with E-state index in [-0.39, 0.29) is 6.15 Å². The predicted molar refractivity (Wildman–Crippen MR) is 42.5 cm³/mol. The van der Waals surface area contributed by atoms with E-state index in [2.05, 4.69) is 4.98 Å². The van der Waals surface area contributed by atoms with Crippen LogP contribution in [0, 0.1) is 13.1 Å². The normalized spacial score (nSPS) is 11.1. The number of alkyl halides is 3. The Balaban J connectivity index is 0. The molecule has 0 unspecified atom stereocenters. The minimum absolute atomic E-state index is 0. The van der Waals surface area contributed by atoms with Crippen molar-refractivity contribution in [1.82, 2.24) is 4.98 Å². The van der Waals surface area contributed by atoms with E-state index in [0.717, 1.165) is 0 Å². The summed E-state index contributed by atoms with van der Waals surface area (Å²) < 4.78 is 60.9. The summed E-state index contributed by atoms with van der Waals surface area (Å²) in [6.45, 7) is 2.03. The number of nitrogens with zero attached hydrogens (tertiary/aromatic N) is 1. The summed E-state index contributed by atoms with van der Waals surface area (Å²) in [6.07, 6.45) is 3.89. The molecule has 0 aliphatic carbocycles. The van der Waals surface area contributed by atoms with Crippen LogP contribution in [0.5, 0.6) is 0 Å². The van der Waals surface area contributed by atoms with Crippen LogP contribution in [0.15, 0.2) is 12.4 Å². The molecule has 0 bridgehead atoms. The summed E-state index contributed by atoms with van der Waals surface area (Å²) in [4.78, 5) is 3.03. The number of rotatable bonds is 0. The van der Waals surface area contributed by atoms with E-state index in [1.54, 1.807) is 0 Å². The van der Waals surface area contributed by atoms with Gasteiger partial charge < -0.3 is 4.55 Å². The maximum absolute atomic E-state index is 10.7. The van der Waals surface area contributed by atoms with E-state index in [0.29, 0.717) is 0 Å². The van der Waals surface area contributed by atoms with Gasteiger partial charge in [0, 0.05) is 13.1 Å². The molecule has 1 N–H and O–H groups in total. The molecule has 90 valence electrons. The second-order valence-corrected chi connectivity index (χ2v) is 3.93. The van der Waals surface area contributed by atoms with E-state index < -0.39 is 15.6 Å². The quantitative estimate of drug-likeness (QED) is 0.406. The Morgan fingerprint density at radius 2 is 1.81 bits per heavy atom. The minimum atomic E-state index is -6.09. The zero-order chi connectivity index (χ0) is 12.3. The number of aromatic amines is 1. The van der Waals surface area contributed by atoms with Crippen molar-refractivity contribution in [3.05, 3.63) is 18.2 Å². The van der Waals surface area contributed by atoms with E-state index >= 15 is 0 Å². The largest absolute Gasteiger partial charge is 0.741 e. The number of imidazole rings is 1. The van der Waals surface area contributed by atoms with E-state index in [1.165, 1.54) is 5.82 Å². The van der Waals surface area contributed by atoms with Gasteiger partial charge in [-0.05, 0) is 0 Å². The molecule has 0 radical (unpaired) electrons. The Labute approximate surface area is 90.4 Å². The third-order valence-corrected chi connectivity index (χ3v) is 1.97. The smallest absolute Gasteiger partial charge is 0.485 e. The first-order chi connectivity index (χ1) is 6.55. The summed E-state index contributed by atoms with van der Waals surface area (Å²) in [6, 6.07) is 0. The molecular formula is C6H9F3HeN2O3S. The molecule has 0 fully saturated rings. The van der Waals surface area contributed by atoms with Crippen LogP contribution in [-0.2, 0) is 17.2 Å². The first-order valence-corrected chi connectivity index (χ1v) is 4.98. The third kappa shape index (κ3) is 5.64. The van der Waals surface area contributed by atoms with Crippen molar-refractivity contribution in [3.63, 3.8) is 0 Å². The SMILES string of the molecule is Cc1[nH]cc[n+]1C.O=S(=O)([O-])C(F)(F)F.[He]. The molecule has 1 aromatic heterocycles. The van der Waals surface area contributed by atoms with Gasteiger partial charge in [0.25, 0.3) is 5.82 Å². The molecule has 0 spiro atoms. The number of hydrogen-bond donors (Lipinski definition) is 1. The fourth-order valence-corrected chi connectivity index (χ4v) is 0.483. The van der Waals surface area contributed by atoms with Crippen LogP contribution in [0.2, 0.25) is 0 Å². The summed E-state index contributed by atoms with van der Waals surface area (Å²) >= 11 is 0. The molecule has 1 aromatic rings. The van der Waals surface area contributed by atoms with Crippen LogP contribution in [-0.4, -0.2) is 23.5 Å². The average molecular weight is 250 g/mol. The molecule has 0 aliphatic heterocycles. The number of H-pyrrole nitrogens is 1. The van der Waals surface area contributed by atoms with Gasteiger partial charge in [0.2, 0.25) is 0 Å². The molecule has 0 aromatic carbocycles. The first kappa shape index (κ1) is 17.2. The zero-order valence-electron chi connectivity index (χ0n) is 8.58. The standard InChI is InChI=1S/C5H8N2.CHF3O3S.He/c1-5-6-3-4-7(5)2;2-1(3,4)8(5,6)7;/h3-4H,1-2H3;(H,5,6,7);. The Kier molecular flexibility index (Phi) is 6.22.